The Bertz CT molecular complexity index is 993. The molecule has 0 aliphatic carbocycles. The molecule has 8 nitrogen and oxygen atoms in total. The maximum absolute atomic E-state index is 13.9. The van der Waals surface area contributed by atoms with Crippen LogP contribution in [-0.4, -0.2) is 50.1 Å². The van der Waals surface area contributed by atoms with Gasteiger partial charge in [-0.2, -0.15) is 4.98 Å². The van der Waals surface area contributed by atoms with Crippen molar-refractivity contribution in [3.05, 3.63) is 59.1 Å². The van der Waals surface area contributed by atoms with Crippen LogP contribution in [0.25, 0.3) is 11.5 Å². The second kappa shape index (κ2) is 8.62. The van der Waals surface area contributed by atoms with Gasteiger partial charge in [-0.1, -0.05) is 16.8 Å². The summed E-state index contributed by atoms with van der Waals surface area (Å²) in [6.07, 6.45) is 5.84. The number of carbonyl (C=O) groups excluding carboxylic acids is 1. The summed E-state index contributed by atoms with van der Waals surface area (Å²) in [7, 11) is 0. The number of amides is 1. The van der Waals surface area contributed by atoms with Crippen LogP contribution in [-0.2, 0) is 11.3 Å². The maximum Gasteiger partial charge on any atom is 0.256 e. The first-order valence-corrected chi connectivity index (χ1v) is 9.43. The number of hydrogen-bond donors (Lipinski definition) is 0. The summed E-state index contributed by atoms with van der Waals surface area (Å²) in [5.74, 6) is -0.257. The molecule has 1 fully saturated rings. The summed E-state index contributed by atoms with van der Waals surface area (Å²) in [4.78, 5) is 26.5. The Kier molecular flexibility index (Phi) is 5.77. The Morgan fingerprint density at radius 1 is 1.31 bits per heavy atom. The molecule has 0 saturated carbocycles. The van der Waals surface area contributed by atoms with E-state index in [-0.39, 0.29) is 24.2 Å². The molecule has 0 bridgehead atoms. The number of ether oxygens (including phenoxy) is 1. The smallest absolute Gasteiger partial charge is 0.256 e. The minimum absolute atomic E-state index is 0.0146. The van der Waals surface area contributed by atoms with Crippen LogP contribution >= 0.6 is 11.6 Å². The highest BCUT2D eigenvalue weighted by Gasteiger charge is 2.26. The molecule has 0 N–H and O–H groups in total. The van der Waals surface area contributed by atoms with E-state index in [4.69, 9.17) is 20.9 Å². The number of hydrogen-bond acceptors (Lipinski definition) is 7. The van der Waals surface area contributed by atoms with E-state index >= 15 is 0 Å². The average molecular weight is 418 g/mol. The largest absolute Gasteiger partial charge is 0.368 e. The second-order valence-electron chi connectivity index (χ2n) is 6.53. The predicted molar refractivity (Wildman–Crippen MR) is 100 cm³/mol. The highest BCUT2D eigenvalue weighted by molar-refractivity contribution is 6.31. The van der Waals surface area contributed by atoms with Crippen LogP contribution in [0.2, 0.25) is 5.02 Å². The summed E-state index contributed by atoms with van der Waals surface area (Å²) in [5, 5.41) is 4.19. The molecule has 0 radical (unpaired) electrons. The Hall–Kier alpha value is -2.91. The summed E-state index contributed by atoms with van der Waals surface area (Å²) in [6.45, 7) is 1.09. The SMILES string of the molecule is O=C(c1cc(Cl)ccc1F)N1CCC(OCc2nc(-c3cnccn3)no2)CC1. The number of rotatable bonds is 5. The molecule has 0 unspecified atom stereocenters. The van der Waals surface area contributed by atoms with Crippen molar-refractivity contribution in [1.82, 2.24) is 25.0 Å². The first-order valence-electron chi connectivity index (χ1n) is 9.05. The van der Waals surface area contributed by atoms with Crippen molar-refractivity contribution < 1.29 is 18.4 Å². The zero-order valence-electron chi connectivity index (χ0n) is 15.3. The van der Waals surface area contributed by atoms with Crippen LogP contribution in [0.1, 0.15) is 29.1 Å². The fourth-order valence-corrected chi connectivity index (χ4v) is 3.25. The summed E-state index contributed by atoms with van der Waals surface area (Å²) >= 11 is 5.88. The molecule has 1 saturated heterocycles. The Balaban J connectivity index is 1.29. The predicted octanol–water partition coefficient (Wildman–Crippen LogP) is 3.14. The zero-order chi connectivity index (χ0) is 20.2. The molecule has 4 rings (SSSR count). The van der Waals surface area contributed by atoms with E-state index in [1.807, 2.05) is 0 Å². The number of benzene rings is 1. The first kappa shape index (κ1) is 19.4. The van der Waals surface area contributed by atoms with Gasteiger partial charge in [0.25, 0.3) is 11.8 Å². The Morgan fingerprint density at radius 3 is 2.90 bits per heavy atom. The standard InChI is InChI=1S/C19H17ClFN5O3/c20-12-1-2-15(21)14(9-12)19(27)26-7-3-13(4-8-26)28-11-17-24-18(25-29-17)16-10-22-5-6-23-16/h1-2,5-6,9-10,13H,3-4,7-8,11H2. The third-order valence-corrected chi connectivity index (χ3v) is 4.83. The van der Waals surface area contributed by atoms with Crippen molar-refractivity contribution >= 4 is 17.5 Å². The lowest BCUT2D eigenvalue weighted by atomic mass is 10.1. The lowest BCUT2D eigenvalue weighted by Crippen LogP contribution is -2.41. The quantitative estimate of drug-likeness (QED) is 0.629. The van der Waals surface area contributed by atoms with Crippen molar-refractivity contribution in [3.8, 4) is 11.5 Å². The van der Waals surface area contributed by atoms with E-state index in [1.54, 1.807) is 23.5 Å². The van der Waals surface area contributed by atoms with Crippen molar-refractivity contribution in [2.24, 2.45) is 0 Å². The fourth-order valence-electron chi connectivity index (χ4n) is 3.08. The zero-order valence-corrected chi connectivity index (χ0v) is 16.0. The van der Waals surface area contributed by atoms with Crippen LogP contribution in [0.4, 0.5) is 4.39 Å². The number of aromatic nitrogens is 4. The van der Waals surface area contributed by atoms with Gasteiger partial charge in [0.1, 0.15) is 18.1 Å². The monoisotopic (exact) mass is 417 g/mol. The van der Waals surface area contributed by atoms with Gasteiger partial charge < -0.3 is 14.2 Å². The Labute approximate surface area is 170 Å². The van der Waals surface area contributed by atoms with Crippen LogP contribution in [0.15, 0.2) is 41.3 Å². The number of nitrogens with zero attached hydrogens (tertiary/aromatic N) is 5. The van der Waals surface area contributed by atoms with Gasteiger partial charge >= 0.3 is 0 Å². The lowest BCUT2D eigenvalue weighted by Gasteiger charge is -2.31. The van der Waals surface area contributed by atoms with E-state index in [1.165, 1.54) is 18.2 Å². The number of carbonyl (C=O) groups is 1. The first-order chi connectivity index (χ1) is 14.1. The normalized spacial score (nSPS) is 14.9. The second-order valence-corrected chi connectivity index (χ2v) is 6.97. The van der Waals surface area contributed by atoms with Gasteiger partial charge in [0.05, 0.1) is 17.9 Å². The topological polar surface area (TPSA) is 94.2 Å². The van der Waals surface area contributed by atoms with E-state index < -0.39 is 5.82 Å². The van der Waals surface area contributed by atoms with Gasteiger partial charge in [0, 0.05) is 30.5 Å². The van der Waals surface area contributed by atoms with Crippen LogP contribution in [0.5, 0.6) is 0 Å². The minimum Gasteiger partial charge on any atom is -0.368 e. The van der Waals surface area contributed by atoms with E-state index in [2.05, 4.69) is 20.1 Å². The molecule has 10 heteroatoms. The molecular weight excluding hydrogens is 401 g/mol. The highest BCUT2D eigenvalue weighted by Crippen LogP contribution is 2.21. The molecule has 0 atom stereocenters. The van der Waals surface area contributed by atoms with Gasteiger partial charge in [-0.25, -0.2) is 9.37 Å². The van der Waals surface area contributed by atoms with E-state index in [0.29, 0.717) is 48.4 Å². The average Bonchev–Trinajstić information content (AvgIpc) is 3.24. The van der Waals surface area contributed by atoms with E-state index in [9.17, 15) is 9.18 Å². The molecule has 150 valence electrons. The summed E-state index contributed by atoms with van der Waals surface area (Å²) in [6, 6.07) is 3.97. The van der Waals surface area contributed by atoms with Gasteiger partial charge in [-0.3, -0.25) is 9.78 Å². The molecule has 1 aromatic carbocycles. The molecular formula is C19H17ClFN5O3. The Morgan fingerprint density at radius 2 is 2.14 bits per heavy atom. The van der Waals surface area contributed by atoms with E-state index in [0.717, 1.165) is 0 Å². The fraction of sp³-hybridized carbons (Fsp3) is 0.316. The third-order valence-electron chi connectivity index (χ3n) is 4.59. The maximum atomic E-state index is 13.9. The molecule has 1 amide bonds. The molecule has 2 aromatic heterocycles. The van der Waals surface area contributed by atoms with Crippen molar-refractivity contribution in [2.75, 3.05) is 13.1 Å². The number of piperidine rings is 1. The molecule has 1 aliphatic heterocycles. The van der Waals surface area contributed by atoms with Gasteiger partial charge in [0.2, 0.25) is 5.82 Å². The van der Waals surface area contributed by atoms with Gasteiger partial charge in [-0.05, 0) is 31.0 Å². The minimum atomic E-state index is -0.576. The summed E-state index contributed by atoms with van der Waals surface area (Å²) < 4.78 is 24.9. The third kappa shape index (κ3) is 4.57. The number of halogens is 2. The molecule has 29 heavy (non-hydrogen) atoms. The highest BCUT2D eigenvalue weighted by atomic mass is 35.5. The molecule has 3 heterocycles. The van der Waals surface area contributed by atoms with Crippen molar-refractivity contribution in [3.63, 3.8) is 0 Å². The van der Waals surface area contributed by atoms with Crippen molar-refractivity contribution in [1.29, 1.82) is 0 Å². The van der Waals surface area contributed by atoms with Crippen molar-refractivity contribution in [2.45, 2.75) is 25.6 Å². The van der Waals surface area contributed by atoms with Gasteiger partial charge in [0.15, 0.2) is 0 Å². The lowest BCUT2D eigenvalue weighted by molar-refractivity contribution is -0.00985. The molecule has 1 aliphatic rings. The number of likely N-dealkylation sites (tertiary alicyclic amines) is 1. The molecule has 0 spiro atoms. The van der Waals surface area contributed by atoms with Crippen LogP contribution < -0.4 is 0 Å². The molecule has 3 aromatic rings. The summed E-state index contributed by atoms with van der Waals surface area (Å²) in [5.41, 5.74) is 0.502. The van der Waals surface area contributed by atoms with Gasteiger partial charge in [-0.15, -0.1) is 0 Å². The van der Waals surface area contributed by atoms with Crippen LogP contribution in [0, 0.1) is 5.82 Å². The van der Waals surface area contributed by atoms with Crippen LogP contribution in [0.3, 0.4) is 0 Å².